The quantitative estimate of drug-likeness (QED) is 0.246. The topological polar surface area (TPSA) is 70.5 Å². The molecule has 0 saturated carbocycles. The van der Waals surface area contributed by atoms with Gasteiger partial charge in [0.15, 0.2) is 16.8 Å². The minimum atomic E-state index is -1.08. The highest BCUT2D eigenvalue weighted by Crippen LogP contribution is 2.45. The van der Waals surface area contributed by atoms with Crippen molar-refractivity contribution in [1.82, 2.24) is 4.98 Å². The lowest BCUT2D eigenvalue weighted by atomic mass is 10.00. The molecule has 2 aromatic heterocycles. The summed E-state index contributed by atoms with van der Waals surface area (Å²) in [6.45, 7) is 0. The maximum atomic E-state index is 13.7. The summed E-state index contributed by atoms with van der Waals surface area (Å²) >= 11 is 2.18. The van der Waals surface area contributed by atoms with Crippen LogP contribution in [0.15, 0.2) is 59.5 Å². The third-order valence-corrected chi connectivity index (χ3v) is 6.94. The number of thiophene rings is 1. The zero-order valence-corrected chi connectivity index (χ0v) is 17.5. The third kappa shape index (κ3) is 3.19. The van der Waals surface area contributed by atoms with Gasteiger partial charge in [-0.3, -0.25) is 14.5 Å². The van der Waals surface area contributed by atoms with E-state index in [1.807, 2.05) is 0 Å². The Bertz CT molecular complexity index is 1370. The van der Waals surface area contributed by atoms with Crippen LogP contribution < -0.4 is 4.90 Å². The van der Waals surface area contributed by atoms with Crippen molar-refractivity contribution < 1.29 is 27.9 Å². The number of amides is 1. The molecule has 0 aliphatic carbocycles. The molecule has 4 aromatic rings. The van der Waals surface area contributed by atoms with E-state index in [1.165, 1.54) is 23.5 Å². The highest BCUT2D eigenvalue weighted by Gasteiger charge is 2.48. The molecule has 1 saturated heterocycles. The Morgan fingerprint density at radius 3 is 2.44 bits per heavy atom. The Balaban J connectivity index is 1.71. The van der Waals surface area contributed by atoms with Crippen LogP contribution in [0, 0.1) is 17.5 Å². The average molecular weight is 472 g/mol. The number of thiazole rings is 1. The zero-order valence-electron chi connectivity index (χ0n) is 15.9. The minimum absolute atomic E-state index is 0.0589. The molecular formula is C22H11F3N2O3S2. The molecule has 10 heteroatoms. The van der Waals surface area contributed by atoms with Crippen LogP contribution in [0.1, 0.15) is 16.5 Å². The Morgan fingerprint density at radius 1 is 1.03 bits per heavy atom. The summed E-state index contributed by atoms with van der Waals surface area (Å²) in [4.78, 5) is 31.9. The van der Waals surface area contributed by atoms with Gasteiger partial charge in [0.25, 0.3) is 5.78 Å². The van der Waals surface area contributed by atoms with E-state index >= 15 is 0 Å². The van der Waals surface area contributed by atoms with Gasteiger partial charge < -0.3 is 5.11 Å². The number of carbonyl (C=O) groups is 2. The van der Waals surface area contributed by atoms with Crippen LogP contribution in [0.4, 0.5) is 18.3 Å². The number of carbonyl (C=O) groups excluding carboxylic acids is 2. The Hall–Kier alpha value is -3.50. The summed E-state index contributed by atoms with van der Waals surface area (Å²) in [6.07, 6.45) is 0. The van der Waals surface area contributed by atoms with Gasteiger partial charge in [0.1, 0.15) is 17.6 Å². The third-order valence-electron chi connectivity index (χ3n) is 5.00. The number of nitrogens with zero attached hydrogens (tertiary/aromatic N) is 2. The monoisotopic (exact) mass is 472 g/mol. The molecule has 1 N–H and O–H groups in total. The number of hydrogen-bond donors (Lipinski definition) is 1. The average Bonchev–Trinajstić information content (AvgIpc) is 3.48. The molecular weight excluding hydrogens is 461 g/mol. The molecule has 3 heterocycles. The first-order valence-corrected chi connectivity index (χ1v) is 10.9. The van der Waals surface area contributed by atoms with Crippen molar-refractivity contribution in [1.29, 1.82) is 0 Å². The van der Waals surface area contributed by atoms with E-state index in [-0.39, 0.29) is 21.8 Å². The molecule has 1 aliphatic rings. The first kappa shape index (κ1) is 20.4. The molecule has 32 heavy (non-hydrogen) atoms. The summed E-state index contributed by atoms with van der Waals surface area (Å²) < 4.78 is 40.9. The van der Waals surface area contributed by atoms with Crippen molar-refractivity contribution >= 4 is 55.5 Å². The number of rotatable bonds is 3. The van der Waals surface area contributed by atoms with E-state index in [2.05, 4.69) is 4.98 Å². The van der Waals surface area contributed by atoms with Crippen molar-refractivity contribution in [3.8, 4) is 0 Å². The number of aromatic nitrogens is 1. The Morgan fingerprint density at radius 2 is 1.75 bits per heavy atom. The fourth-order valence-corrected chi connectivity index (χ4v) is 5.35. The maximum absolute atomic E-state index is 13.7. The maximum Gasteiger partial charge on any atom is 0.301 e. The van der Waals surface area contributed by atoms with Crippen molar-refractivity contribution in [2.75, 3.05) is 4.90 Å². The van der Waals surface area contributed by atoms with Gasteiger partial charge in [0.2, 0.25) is 0 Å². The number of ketones is 1. The van der Waals surface area contributed by atoms with E-state index in [0.29, 0.717) is 9.58 Å². The standard InChI is InChI=1S/C22H11F3N2O3S2/c23-11-5-3-10(4-6-11)19(28)17-18(15-2-1-7-31-15)27(21(30)20(17)29)22-26-14-8-12(24)13(25)9-16(14)32-22/h1-9,18,28H/b19-17+. The van der Waals surface area contributed by atoms with Gasteiger partial charge in [-0.25, -0.2) is 18.2 Å². The second-order valence-corrected chi connectivity index (χ2v) is 8.91. The molecule has 1 aliphatic heterocycles. The van der Waals surface area contributed by atoms with Crippen molar-refractivity contribution in [2.45, 2.75) is 6.04 Å². The largest absolute Gasteiger partial charge is 0.507 e. The van der Waals surface area contributed by atoms with Crippen LogP contribution >= 0.6 is 22.7 Å². The molecule has 0 spiro atoms. The van der Waals surface area contributed by atoms with E-state index < -0.39 is 40.9 Å². The lowest BCUT2D eigenvalue weighted by Gasteiger charge is -2.21. The number of aliphatic hydroxyl groups is 1. The summed E-state index contributed by atoms with van der Waals surface area (Å²) in [7, 11) is 0. The normalized spacial score (nSPS) is 18.1. The summed E-state index contributed by atoms with van der Waals surface area (Å²) in [5, 5.41) is 12.7. The zero-order chi connectivity index (χ0) is 22.6. The van der Waals surface area contributed by atoms with Crippen LogP contribution in [-0.4, -0.2) is 21.8 Å². The predicted octanol–water partition coefficient (Wildman–Crippen LogP) is 5.40. The fraction of sp³-hybridized carbons (Fsp3) is 0.0455. The van der Waals surface area contributed by atoms with E-state index in [0.717, 1.165) is 40.5 Å². The molecule has 5 nitrogen and oxygen atoms in total. The smallest absolute Gasteiger partial charge is 0.301 e. The Kier molecular flexibility index (Phi) is 4.83. The molecule has 1 atom stereocenters. The summed E-state index contributed by atoms with van der Waals surface area (Å²) in [6, 6.07) is 9.15. The molecule has 0 radical (unpaired) electrons. The van der Waals surface area contributed by atoms with E-state index in [4.69, 9.17) is 0 Å². The van der Waals surface area contributed by atoms with Gasteiger partial charge in [-0.1, -0.05) is 17.4 Å². The van der Waals surface area contributed by atoms with Crippen LogP contribution in [0.5, 0.6) is 0 Å². The number of fused-ring (bicyclic) bond motifs is 1. The van der Waals surface area contributed by atoms with Gasteiger partial charge in [-0.05, 0) is 41.8 Å². The molecule has 1 unspecified atom stereocenters. The van der Waals surface area contributed by atoms with Gasteiger partial charge >= 0.3 is 5.91 Å². The van der Waals surface area contributed by atoms with Gasteiger partial charge in [0.05, 0.1) is 15.8 Å². The molecule has 160 valence electrons. The lowest BCUT2D eigenvalue weighted by molar-refractivity contribution is -0.132. The molecule has 2 aromatic carbocycles. The fourth-order valence-electron chi connectivity index (χ4n) is 3.52. The van der Waals surface area contributed by atoms with Crippen LogP contribution in [0.25, 0.3) is 16.0 Å². The van der Waals surface area contributed by atoms with Crippen LogP contribution in [0.2, 0.25) is 0 Å². The van der Waals surface area contributed by atoms with Gasteiger partial charge in [-0.15, -0.1) is 11.3 Å². The lowest BCUT2D eigenvalue weighted by Crippen LogP contribution is -2.28. The number of aliphatic hydroxyl groups excluding tert-OH is 1. The SMILES string of the molecule is O=C1C(=O)N(c2nc3cc(F)c(F)cc3s2)C(c2cccs2)/C1=C(\O)c1ccc(F)cc1. The number of halogens is 3. The number of anilines is 1. The molecule has 1 amide bonds. The second kappa shape index (κ2) is 7.57. The highest BCUT2D eigenvalue weighted by molar-refractivity contribution is 7.22. The number of benzene rings is 2. The first-order chi connectivity index (χ1) is 15.3. The Labute approximate surface area is 186 Å². The predicted molar refractivity (Wildman–Crippen MR) is 115 cm³/mol. The van der Waals surface area contributed by atoms with Gasteiger partial charge in [-0.2, -0.15) is 0 Å². The first-order valence-electron chi connectivity index (χ1n) is 9.21. The van der Waals surface area contributed by atoms with Crippen LogP contribution in [0.3, 0.4) is 0 Å². The van der Waals surface area contributed by atoms with Crippen molar-refractivity contribution in [3.05, 3.63) is 87.4 Å². The molecule has 0 bridgehead atoms. The molecule has 5 rings (SSSR count). The van der Waals surface area contributed by atoms with Crippen molar-refractivity contribution in [2.24, 2.45) is 0 Å². The van der Waals surface area contributed by atoms with Gasteiger partial charge in [0, 0.05) is 16.5 Å². The van der Waals surface area contributed by atoms with Crippen molar-refractivity contribution in [3.63, 3.8) is 0 Å². The summed E-state index contributed by atoms with van der Waals surface area (Å²) in [5.74, 6) is -4.99. The second-order valence-electron chi connectivity index (χ2n) is 6.92. The summed E-state index contributed by atoms with van der Waals surface area (Å²) in [5.41, 5.74) is 0.120. The number of Topliss-reactive ketones (excluding diaryl/α,β-unsaturated/α-hetero) is 1. The van der Waals surface area contributed by atoms with Crippen LogP contribution in [-0.2, 0) is 9.59 Å². The number of hydrogen-bond acceptors (Lipinski definition) is 6. The van der Waals surface area contributed by atoms with E-state index in [1.54, 1.807) is 17.5 Å². The molecule has 1 fully saturated rings. The minimum Gasteiger partial charge on any atom is -0.507 e. The van der Waals surface area contributed by atoms with E-state index in [9.17, 15) is 27.9 Å². The highest BCUT2D eigenvalue weighted by atomic mass is 32.1.